The molecule has 2 N–H and O–H groups in total. The van der Waals surface area contributed by atoms with Crippen LogP contribution in [0.4, 0.5) is 5.69 Å². The summed E-state index contributed by atoms with van der Waals surface area (Å²) < 4.78 is 27.8. The third kappa shape index (κ3) is 2.62. The number of rotatable bonds is 4. The van der Waals surface area contributed by atoms with Crippen molar-refractivity contribution in [1.82, 2.24) is 4.98 Å². The topological polar surface area (TPSA) is 96.4 Å². The van der Waals surface area contributed by atoms with Crippen LogP contribution in [0.1, 0.15) is 9.67 Å². The van der Waals surface area contributed by atoms with Crippen LogP contribution in [-0.4, -0.2) is 24.5 Å². The Hall–Kier alpha value is -1.97. The quantitative estimate of drug-likeness (QED) is 0.761. The van der Waals surface area contributed by atoms with E-state index >= 15 is 0 Å². The molecule has 0 unspecified atom stereocenters. The smallest absolute Gasteiger partial charge is 0.347 e. The molecule has 1 aromatic carbocycles. The van der Waals surface area contributed by atoms with Crippen molar-refractivity contribution in [2.45, 2.75) is 4.90 Å². The summed E-state index contributed by atoms with van der Waals surface area (Å²) in [6.45, 7) is 0. The van der Waals surface area contributed by atoms with Gasteiger partial charge >= 0.3 is 5.97 Å². The maximum Gasteiger partial charge on any atom is 0.347 e. The molecule has 2 heterocycles. The minimum Gasteiger partial charge on any atom is -0.477 e. The number of hydrogen-bond acceptors (Lipinski definition) is 6. The highest BCUT2D eigenvalue weighted by molar-refractivity contribution is 7.93. The van der Waals surface area contributed by atoms with Crippen molar-refractivity contribution >= 4 is 54.6 Å². The fourth-order valence-electron chi connectivity index (χ4n) is 1.79. The first-order chi connectivity index (χ1) is 9.97. The fourth-order valence-corrected chi connectivity index (χ4v) is 4.82. The van der Waals surface area contributed by atoms with Crippen LogP contribution in [0.25, 0.3) is 10.2 Å². The van der Waals surface area contributed by atoms with E-state index in [4.69, 9.17) is 5.11 Å². The zero-order valence-corrected chi connectivity index (χ0v) is 12.8. The third-order valence-electron chi connectivity index (χ3n) is 2.70. The van der Waals surface area contributed by atoms with E-state index in [1.54, 1.807) is 23.7 Å². The van der Waals surface area contributed by atoms with E-state index in [-0.39, 0.29) is 9.77 Å². The third-order valence-corrected chi connectivity index (χ3v) is 5.94. The molecule has 2 aromatic heterocycles. The van der Waals surface area contributed by atoms with Gasteiger partial charge in [0.25, 0.3) is 10.0 Å². The van der Waals surface area contributed by atoms with E-state index in [0.717, 1.165) is 21.6 Å². The molecule has 6 nitrogen and oxygen atoms in total. The number of nitrogens with zero attached hydrogens (tertiary/aromatic N) is 1. The molecular weight excluding hydrogens is 332 g/mol. The summed E-state index contributed by atoms with van der Waals surface area (Å²) >= 11 is 2.27. The Bertz CT molecular complexity index is 927. The second-order valence-electron chi connectivity index (χ2n) is 4.06. The number of sulfonamides is 1. The molecule has 0 aliphatic carbocycles. The van der Waals surface area contributed by atoms with Crippen LogP contribution in [0, 0.1) is 0 Å². The molecule has 108 valence electrons. The standard InChI is InChI=1S/C12H8N2O4S3/c15-12(16)11-10(3-4-19-11)21(17,18)14-7-1-2-8-9(5-7)20-6-13-8/h1-6,14H,(H,15,16). The van der Waals surface area contributed by atoms with Gasteiger partial charge < -0.3 is 5.11 Å². The van der Waals surface area contributed by atoms with Crippen molar-refractivity contribution in [2.24, 2.45) is 0 Å². The number of thiophene rings is 1. The van der Waals surface area contributed by atoms with E-state index in [9.17, 15) is 13.2 Å². The summed E-state index contributed by atoms with van der Waals surface area (Å²) in [5.41, 5.74) is 2.82. The van der Waals surface area contributed by atoms with Crippen molar-refractivity contribution < 1.29 is 18.3 Å². The molecule has 21 heavy (non-hydrogen) atoms. The summed E-state index contributed by atoms with van der Waals surface area (Å²) in [7, 11) is -3.93. The van der Waals surface area contributed by atoms with Gasteiger partial charge in [-0.05, 0) is 29.6 Å². The summed E-state index contributed by atoms with van der Waals surface area (Å²) in [5, 5.41) is 10.4. The first-order valence-corrected chi connectivity index (χ1v) is 8.88. The molecule has 0 atom stereocenters. The lowest BCUT2D eigenvalue weighted by atomic mass is 10.3. The number of carboxylic acid groups (broad SMARTS) is 1. The van der Waals surface area contributed by atoms with E-state index in [2.05, 4.69) is 9.71 Å². The summed E-state index contributed by atoms with van der Waals surface area (Å²) in [6, 6.07) is 6.24. The van der Waals surface area contributed by atoms with Crippen LogP contribution in [0.15, 0.2) is 40.1 Å². The number of carboxylic acids is 1. The summed E-state index contributed by atoms with van der Waals surface area (Å²) in [6.07, 6.45) is 0. The molecule has 0 fully saturated rings. The summed E-state index contributed by atoms with van der Waals surface area (Å²) in [4.78, 5) is 14.7. The normalized spacial score (nSPS) is 11.6. The SMILES string of the molecule is O=C(O)c1sccc1S(=O)(=O)Nc1ccc2ncsc2c1. The molecule has 0 bridgehead atoms. The Kier molecular flexibility index (Phi) is 3.40. The average Bonchev–Trinajstić information content (AvgIpc) is 3.06. The van der Waals surface area contributed by atoms with Crippen molar-refractivity contribution in [3.63, 3.8) is 0 Å². The Labute approximate surface area is 127 Å². The molecule has 0 aliphatic heterocycles. The number of anilines is 1. The van der Waals surface area contributed by atoms with Gasteiger partial charge in [-0.1, -0.05) is 0 Å². The number of hydrogen-bond donors (Lipinski definition) is 2. The van der Waals surface area contributed by atoms with Gasteiger partial charge in [0.1, 0.15) is 9.77 Å². The van der Waals surface area contributed by atoms with Gasteiger partial charge in [0.2, 0.25) is 0 Å². The number of aromatic nitrogens is 1. The maximum absolute atomic E-state index is 12.3. The Balaban J connectivity index is 1.98. The van der Waals surface area contributed by atoms with Crippen LogP contribution in [0.3, 0.4) is 0 Å². The molecule has 0 spiro atoms. The number of nitrogens with one attached hydrogen (secondary N) is 1. The minimum absolute atomic E-state index is 0.207. The number of carbonyl (C=O) groups is 1. The van der Waals surface area contributed by atoms with Crippen LogP contribution in [-0.2, 0) is 10.0 Å². The summed E-state index contributed by atoms with van der Waals surface area (Å²) in [5.74, 6) is -1.26. The number of benzene rings is 1. The van der Waals surface area contributed by atoms with Crippen LogP contribution >= 0.6 is 22.7 Å². The van der Waals surface area contributed by atoms with Gasteiger partial charge in [-0.3, -0.25) is 4.72 Å². The Morgan fingerprint density at radius 1 is 1.24 bits per heavy atom. The number of fused-ring (bicyclic) bond motifs is 1. The molecule has 0 saturated carbocycles. The zero-order chi connectivity index (χ0) is 15.0. The maximum atomic E-state index is 12.3. The molecule has 0 amide bonds. The molecule has 9 heteroatoms. The van der Waals surface area contributed by atoms with Gasteiger partial charge in [0.05, 0.1) is 21.4 Å². The van der Waals surface area contributed by atoms with E-state index in [1.807, 2.05) is 0 Å². The average molecular weight is 340 g/mol. The molecule has 3 aromatic rings. The van der Waals surface area contributed by atoms with E-state index < -0.39 is 16.0 Å². The van der Waals surface area contributed by atoms with Gasteiger partial charge in [-0.15, -0.1) is 22.7 Å². The highest BCUT2D eigenvalue weighted by Gasteiger charge is 2.23. The van der Waals surface area contributed by atoms with Gasteiger partial charge in [0.15, 0.2) is 0 Å². The minimum atomic E-state index is -3.93. The lowest BCUT2D eigenvalue weighted by Crippen LogP contribution is -2.15. The highest BCUT2D eigenvalue weighted by atomic mass is 32.2. The molecule has 0 radical (unpaired) electrons. The predicted molar refractivity (Wildman–Crippen MR) is 81.7 cm³/mol. The van der Waals surface area contributed by atoms with Crippen LogP contribution in [0.5, 0.6) is 0 Å². The first kappa shape index (κ1) is 14.0. The molecular formula is C12H8N2O4S3. The largest absolute Gasteiger partial charge is 0.477 e. The van der Waals surface area contributed by atoms with Gasteiger partial charge in [-0.25, -0.2) is 18.2 Å². The van der Waals surface area contributed by atoms with Gasteiger partial charge in [0, 0.05) is 0 Å². The number of aromatic carboxylic acids is 1. The van der Waals surface area contributed by atoms with Crippen molar-refractivity contribution in [3.8, 4) is 0 Å². The predicted octanol–water partition coefficient (Wildman–Crippen LogP) is 2.86. The Morgan fingerprint density at radius 3 is 2.81 bits per heavy atom. The van der Waals surface area contributed by atoms with Crippen LogP contribution in [0.2, 0.25) is 0 Å². The monoisotopic (exact) mass is 340 g/mol. The second kappa shape index (κ2) is 5.10. The van der Waals surface area contributed by atoms with Crippen molar-refractivity contribution in [1.29, 1.82) is 0 Å². The zero-order valence-electron chi connectivity index (χ0n) is 10.3. The molecule has 0 saturated heterocycles. The molecule has 3 rings (SSSR count). The second-order valence-corrected chi connectivity index (χ2v) is 7.51. The van der Waals surface area contributed by atoms with Crippen LogP contribution < -0.4 is 4.72 Å². The molecule has 0 aliphatic rings. The van der Waals surface area contributed by atoms with Gasteiger partial charge in [-0.2, -0.15) is 0 Å². The highest BCUT2D eigenvalue weighted by Crippen LogP contribution is 2.27. The first-order valence-electron chi connectivity index (χ1n) is 5.64. The lowest BCUT2D eigenvalue weighted by Gasteiger charge is -2.07. The van der Waals surface area contributed by atoms with Crippen molar-refractivity contribution in [2.75, 3.05) is 4.72 Å². The lowest BCUT2D eigenvalue weighted by molar-refractivity contribution is 0.0698. The fraction of sp³-hybridized carbons (Fsp3) is 0. The van der Waals surface area contributed by atoms with Crippen molar-refractivity contribution in [3.05, 3.63) is 40.0 Å². The van der Waals surface area contributed by atoms with E-state index in [0.29, 0.717) is 5.69 Å². The Morgan fingerprint density at radius 2 is 2.05 bits per heavy atom. The number of thiazole rings is 1. The van der Waals surface area contributed by atoms with E-state index in [1.165, 1.54) is 22.8 Å².